The van der Waals surface area contributed by atoms with Gasteiger partial charge in [0.15, 0.2) is 5.16 Å². The Bertz CT molecular complexity index is 781. The van der Waals surface area contributed by atoms with E-state index < -0.39 is 5.91 Å². The zero-order valence-electron chi connectivity index (χ0n) is 11.6. The Morgan fingerprint density at radius 2 is 2.33 bits per heavy atom. The van der Waals surface area contributed by atoms with Crippen LogP contribution in [0.2, 0.25) is 0 Å². The fourth-order valence-corrected chi connectivity index (χ4v) is 4.70. The van der Waals surface area contributed by atoms with Crippen LogP contribution in [0.15, 0.2) is 9.95 Å². The molecule has 1 aliphatic carbocycles. The summed E-state index contributed by atoms with van der Waals surface area (Å²) < 4.78 is 1.03. The molecule has 0 radical (unpaired) electrons. The summed E-state index contributed by atoms with van der Waals surface area (Å²) in [4.78, 5) is 29.8. The van der Waals surface area contributed by atoms with Gasteiger partial charge in [-0.05, 0) is 30.7 Å². The lowest BCUT2D eigenvalue weighted by atomic mass is 9.89. The van der Waals surface area contributed by atoms with Crippen LogP contribution in [0.4, 0.5) is 0 Å². The Morgan fingerprint density at radius 3 is 3.05 bits per heavy atom. The lowest BCUT2D eigenvalue weighted by Crippen LogP contribution is -2.30. The second-order valence-electron chi connectivity index (χ2n) is 5.36. The van der Waals surface area contributed by atoms with E-state index in [2.05, 4.69) is 11.9 Å². The quantitative estimate of drug-likeness (QED) is 0.495. The minimum atomic E-state index is -0.464. The first-order chi connectivity index (χ1) is 9.97. The number of carbonyl (C=O) groups is 1. The molecule has 0 fully saturated rings. The molecule has 21 heavy (non-hydrogen) atoms. The molecule has 1 amide bonds. The Labute approximate surface area is 129 Å². The highest BCUT2D eigenvalue weighted by molar-refractivity contribution is 7.99. The van der Waals surface area contributed by atoms with Crippen molar-refractivity contribution in [3.05, 3.63) is 20.8 Å². The van der Waals surface area contributed by atoms with Gasteiger partial charge in [-0.1, -0.05) is 18.7 Å². The Morgan fingerprint density at radius 1 is 1.57 bits per heavy atom. The SMILES string of the molecule is CC1CCc2c(sc3nc(SCC(N)=O)n(N)c(=O)c23)C1. The molecule has 112 valence electrons. The third kappa shape index (κ3) is 2.53. The second kappa shape index (κ2) is 5.34. The van der Waals surface area contributed by atoms with Gasteiger partial charge in [0.25, 0.3) is 5.56 Å². The summed E-state index contributed by atoms with van der Waals surface area (Å²) in [5.74, 6) is 6.05. The molecule has 6 nitrogen and oxygen atoms in total. The van der Waals surface area contributed by atoms with Crippen molar-refractivity contribution in [2.24, 2.45) is 11.7 Å². The van der Waals surface area contributed by atoms with E-state index in [9.17, 15) is 9.59 Å². The number of fused-ring (bicyclic) bond motifs is 3. The van der Waals surface area contributed by atoms with E-state index in [4.69, 9.17) is 11.6 Å². The summed E-state index contributed by atoms with van der Waals surface area (Å²) in [6, 6.07) is 0. The lowest BCUT2D eigenvalue weighted by molar-refractivity contribution is -0.115. The second-order valence-corrected chi connectivity index (χ2v) is 7.38. The van der Waals surface area contributed by atoms with Crippen LogP contribution >= 0.6 is 23.1 Å². The number of aromatic nitrogens is 2. The van der Waals surface area contributed by atoms with Crippen LogP contribution in [0, 0.1) is 5.92 Å². The van der Waals surface area contributed by atoms with E-state index in [1.54, 1.807) is 11.3 Å². The van der Waals surface area contributed by atoms with E-state index in [-0.39, 0.29) is 11.3 Å². The van der Waals surface area contributed by atoms with Crippen LogP contribution in [0.1, 0.15) is 23.8 Å². The summed E-state index contributed by atoms with van der Waals surface area (Å²) in [7, 11) is 0. The summed E-state index contributed by atoms with van der Waals surface area (Å²) in [5, 5.41) is 0.978. The van der Waals surface area contributed by atoms with Crippen molar-refractivity contribution >= 4 is 39.2 Å². The number of hydrogen-bond acceptors (Lipinski definition) is 6. The highest BCUT2D eigenvalue weighted by atomic mass is 32.2. The molecular formula is C13H16N4O2S2. The zero-order chi connectivity index (χ0) is 15.1. The standard InChI is InChI=1S/C13H16N4O2S2/c1-6-2-3-7-8(4-6)21-11-10(7)12(19)17(15)13(16-11)20-5-9(14)18/h6H,2-5,15H2,1H3,(H2,14,18). The molecule has 3 rings (SSSR count). The molecule has 4 N–H and O–H groups in total. The number of nitrogen functional groups attached to an aromatic ring is 1. The van der Waals surface area contributed by atoms with Gasteiger partial charge in [-0.2, -0.15) is 0 Å². The third-order valence-corrected chi connectivity index (χ3v) is 5.80. The molecule has 2 heterocycles. The van der Waals surface area contributed by atoms with Gasteiger partial charge in [0.05, 0.1) is 11.1 Å². The molecule has 0 saturated heterocycles. The van der Waals surface area contributed by atoms with Crippen molar-refractivity contribution in [3.8, 4) is 0 Å². The van der Waals surface area contributed by atoms with Gasteiger partial charge in [0, 0.05) is 4.88 Å². The number of nitrogens with zero attached hydrogens (tertiary/aromatic N) is 2. The molecule has 0 bridgehead atoms. The van der Waals surface area contributed by atoms with Crippen molar-refractivity contribution < 1.29 is 4.79 Å². The van der Waals surface area contributed by atoms with E-state index in [0.29, 0.717) is 21.3 Å². The Hall–Kier alpha value is -1.54. The fourth-order valence-electron chi connectivity index (χ4n) is 2.62. The number of carbonyl (C=O) groups excluding carboxylic acids is 1. The summed E-state index contributed by atoms with van der Waals surface area (Å²) in [5.41, 5.74) is 5.99. The van der Waals surface area contributed by atoms with Gasteiger partial charge < -0.3 is 11.6 Å². The highest BCUT2D eigenvalue weighted by Crippen LogP contribution is 2.36. The molecular weight excluding hydrogens is 308 g/mol. The fraction of sp³-hybridized carbons (Fsp3) is 0.462. The molecule has 2 aromatic heterocycles. The number of nitrogens with two attached hydrogens (primary N) is 2. The first kappa shape index (κ1) is 14.4. The largest absolute Gasteiger partial charge is 0.369 e. The lowest BCUT2D eigenvalue weighted by Gasteiger charge is -2.17. The van der Waals surface area contributed by atoms with Crippen LogP contribution in [0.5, 0.6) is 0 Å². The molecule has 1 atom stereocenters. The maximum absolute atomic E-state index is 12.5. The van der Waals surface area contributed by atoms with E-state index >= 15 is 0 Å². The highest BCUT2D eigenvalue weighted by Gasteiger charge is 2.24. The van der Waals surface area contributed by atoms with Crippen LogP contribution < -0.4 is 17.1 Å². The first-order valence-electron chi connectivity index (χ1n) is 6.71. The van der Waals surface area contributed by atoms with E-state index in [1.165, 1.54) is 4.88 Å². The number of rotatable bonds is 3. The number of hydrogen-bond donors (Lipinski definition) is 2. The van der Waals surface area contributed by atoms with Crippen molar-refractivity contribution in [2.45, 2.75) is 31.3 Å². The molecule has 1 aliphatic rings. The van der Waals surface area contributed by atoms with E-state index in [1.807, 2.05) is 0 Å². The third-order valence-electron chi connectivity index (χ3n) is 3.67. The molecule has 8 heteroatoms. The molecule has 0 aromatic carbocycles. The van der Waals surface area contributed by atoms with Crippen molar-refractivity contribution in [3.63, 3.8) is 0 Å². The monoisotopic (exact) mass is 324 g/mol. The average Bonchev–Trinajstić information content (AvgIpc) is 2.78. The van der Waals surface area contributed by atoms with Gasteiger partial charge in [-0.15, -0.1) is 11.3 Å². The zero-order valence-corrected chi connectivity index (χ0v) is 13.2. The maximum atomic E-state index is 12.5. The van der Waals surface area contributed by atoms with Crippen LogP contribution in [0.25, 0.3) is 10.2 Å². The van der Waals surface area contributed by atoms with Crippen molar-refractivity contribution in [1.82, 2.24) is 9.66 Å². The summed E-state index contributed by atoms with van der Waals surface area (Å²) in [6.45, 7) is 2.22. The smallest absolute Gasteiger partial charge is 0.281 e. The van der Waals surface area contributed by atoms with Gasteiger partial charge in [0.2, 0.25) is 5.91 Å². The van der Waals surface area contributed by atoms with Crippen molar-refractivity contribution in [1.29, 1.82) is 0 Å². The number of thioether (sulfide) groups is 1. The van der Waals surface area contributed by atoms with Crippen LogP contribution in [-0.4, -0.2) is 21.3 Å². The number of thiophene rings is 1. The average molecular weight is 324 g/mol. The summed E-state index contributed by atoms with van der Waals surface area (Å²) >= 11 is 2.65. The first-order valence-corrected chi connectivity index (χ1v) is 8.51. The number of aryl methyl sites for hydroxylation is 1. The topological polar surface area (TPSA) is 104 Å². The molecule has 0 saturated carbocycles. The van der Waals surface area contributed by atoms with Gasteiger partial charge >= 0.3 is 0 Å². The number of primary amides is 1. The van der Waals surface area contributed by atoms with Gasteiger partial charge in [-0.25, -0.2) is 9.66 Å². The normalized spacial score (nSPS) is 17.9. The van der Waals surface area contributed by atoms with E-state index in [0.717, 1.165) is 41.3 Å². The van der Waals surface area contributed by atoms with Crippen LogP contribution in [0.3, 0.4) is 0 Å². The van der Waals surface area contributed by atoms with Crippen molar-refractivity contribution in [2.75, 3.05) is 11.6 Å². The van der Waals surface area contributed by atoms with Gasteiger partial charge in [-0.3, -0.25) is 9.59 Å². The van der Waals surface area contributed by atoms with Gasteiger partial charge in [0.1, 0.15) is 4.83 Å². The molecule has 2 aromatic rings. The minimum Gasteiger partial charge on any atom is -0.369 e. The minimum absolute atomic E-state index is 0.0528. The molecule has 0 aliphatic heterocycles. The predicted octanol–water partition coefficient (Wildman–Crippen LogP) is 0.874. The molecule has 1 unspecified atom stereocenters. The number of amides is 1. The molecule has 0 spiro atoms. The Kier molecular flexibility index (Phi) is 3.66. The Balaban J connectivity index is 2.12. The maximum Gasteiger partial charge on any atom is 0.281 e. The van der Waals surface area contributed by atoms with Crippen LogP contribution in [-0.2, 0) is 17.6 Å². The predicted molar refractivity (Wildman–Crippen MR) is 85.1 cm³/mol. The summed E-state index contributed by atoms with van der Waals surface area (Å²) in [6.07, 6.45) is 2.98.